The van der Waals surface area contributed by atoms with Gasteiger partial charge in [0.15, 0.2) is 0 Å². The highest BCUT2D eigenvalue weighted by Gasteiger charge is 2.32. The van der Waals surface area contributed by atoms with Crippen molar-refractivity contribution in [3.63, 3.8) is 0 Å². The van der Waals surface area contributed by atoms with Gasteiger partial charge in [-0.1, -0.05) is 12.1 Å². The lowest BCUT2D eigenvalue weighted by Crippen LogP contribution is -2.05. The van der Waals surface area contributed by atoms with Crippen molar-refractivity contribution >= 4 is 10.9 Å². The molecule has 0 fully saturated rings. The molecule has 0 spiro atoms. The van der Waals surface area contributed by atoms with E-state index in [1.54, 1.807) is 18.2 Å². The maximum atomic E-state index is 13.2. The number of nitrogens with one attached hydrogen (secondary N) is 1. The molecule has 0 unspecified atom stereocenters. The second kappa shape index (κ2) is 6.73. The third-order valence-corrected chi connectivity index (χ3v) is 3.80. The molecule has 1 aromatic heterocycles. The molecule has 5 nitrogen and oxygen atoms in total. The number of H-pyrrole nitrogens is 1. The highest BCUT2D eigenvalue weighted by Crippen LogP contribution is 2.40. The van der Waals surface area contributed by atoms with E-state index < -0.39 is 18.5 Å². The van der Waals surface area contributed by atoms with Crippen LogP contribution in [0.25, 0.3) is 22.0 Å². The van der Waals surface area contributed by atoms with Crippen LogP contribution in [0.5, 0.6) is 5.75 Å². The Hall–Kier alpha value is -2.58. The van der Waals surface area contributed by atoms with Crippen LogP contribution in [0, 0.1) is 0 Å². The predicted molar refractivity (Wildman–Crippen MR) is 85.0 cm³/mol. The number of rotatable bonds is 5. The van der Waals surface area contributed by atoms with Gasteiger partial charge in [0.05, 0.1) is 31.0 Å². The van der Waals surface area contributed by atoms with Crippen LogP contribution in [0.1, 0.15) is 11.1 Å². The lowest BCUT2D eigenvalue weighted by atomic mass is 9.97. The molecule has 8 heteroatoms. The Bertz CT molecular complexity index is 890. The molecule has 3 rings (SSSR count). The van der Waals surface area contributed by atoms with Crippen LogP contribution in [-0.4, -0.2) is 29.2 Å². The Labute approximate surface area is 141 Å². The Morgan fingerprint density at radius 2 is 1.96 bits per heavy atom. The molecule has 0 aliphatic carbocycles. The van der Waals surface area contributed by atoms with E-state index in [-0.39, 0.29) is 6.61 Å². The fraction of sp³-hybridized carbons (Fsp3) is 0.235. The summed E-state index contributed by atoms with van der Waals surface area (Å²) in [6, 6.07) is 7.15. The molecule has 2 N–H and O–H groups in total. The number of aromatic nitrogens is 2. The standard InChI is InChI=1S/C17H15F3N2O3/c1-24-16-4-10(8-25-9-23)2-3-12(16)13-5-11(17(18,19)20)6-15-14(13)7-21-22-15/h2-7,23H,8-9H2,1H3,(H,21,22). The first-order valence-electron chi connectivity index (χ1n) is 7.34. The van der Waals surface area contributed by atoms with Gasteiger partial charge in [-0.3, -0.25) is 5.10 Å². The molecule has 3 aromatic rings. The average Bonchev–Trinajstić information content (AvgIpc) is 3.06. The number of nitrogens with zero attached hydrogens (tertiary/aromatic N) is 1. The van der Waals surface area contributed by atoms with Crippen LogP contribution < -0.4 is 4.74 Å². The Morgan fingerprint density at radius 1 is 1.16 bits per heavy atom. The van der Waals surface area contributed by atoms with E-state index in [4.69, 9.17) is 14.6 Å². The smallest absolute Gasteiger partial charge is 0.416 e. The maximum absolute atomic E-state index is 13.2. The second-order valence-electron chi connectivity index (χ2n) is 5.37. The van der Waals surface area contributed by atoms with Crippen LogP contribution in [0.2, 0.25) is 0 Å². The van der Waals surface area contributed by atoms with Crippen molar-refractivity contribution in [1.29, 1.82) is 0 Å². The topological polar surface area (TPSA) is 67.4 Å². The summed E-state index contributed by atoms with van der Waals surface area (Å²) < 4.78 is 49.9. The normalized spacial score (nSPS) is 11.9. The lowest BCUT2D eigenvalue weighted by molar-refractivity contribution is -0.137. The van der Waals surface area contributed by atoms with Gasteiger partial charge in [0.2, 0.25) is 0 Å². The molecule has 0 radical (unpaired) electrons. The zero-order chi connectivity index (χ0) is 18.0. The predicted octanol–water partition coefficient (Wildman–Crippen LogP) is 3.72. The Kier molecular flexibility index (Phi) is 4.65. The zero-order valence-corrected chi connectivity index (χ0v) is 13.2. The summed E-state index contributed by atoms with van der Waals surface area (Å²) in [5.74, 6) is 0.404. The Morgan fingerprint density at radius 3 is 2.64 bits per heavy atom. The minimum atomic E-state index is -4.48. The zero-order valence-electron chi connectivity index (χ0n) is 13.2. The van der Waals surface area contributed by atoms with Gasteiger partial charge in [0.1, 0.15) is 12.5 Å². The van der Waals surface area contributed by atoms with Gasteiger partial charge in [-0.05, 0) is 29.3 Å². The largest absolute Gasteiger partial charge is 0.496 e. The summed E-state index contributed by atoms with van der Waals surface area (Å²) in [6.45, 7) is -0.260. The molecule has 1 heterocycles. The van der Waals surface area contributed by atoms with Crippen LogP contribution >= 0.6 is 0 Å². The summed E-state index contributed by atoms with van der Waals surface area (Å²) in [4.78, 5) is 0. The molecule has 132 valence electrons. The van der Waals surface area contributed by atoms with E-state index >= 15 is 0 Å². The van der Waals surface area contributed by atoms with Crippen molar-refractivity contribution in [2.45, 2.75) is 12.8 Å². The third kappa shape index (κ3) is 3.45. The quantitative estimate of drug-likeness (QED) is 0.687. The molecule has 0 saturated heterocycles. The van der Waals surface area contributed by atoms with Gasteiger partial charge < -0.3 is 14.6 Å². The number of halogens is 3. The van der Waals surface area contributed by atoms with E-state index in [9.17, 15) is 13.2 Å². The van der Waals surface area contributed by atoms with E-state index in [1.165, 1.54) is 13.3 Å². The van der Waals surface area contributed by atoms with Crippen molar-refractivity contribution in [1.82, 2.24) is 10.2 Å². The van der Waals surface area contributed by atoms with Crippen molar-refractivity contribution in [2.24, 2.45) is 0 Å². The molecular formula is C17H15F3N2O3. The van der Waals surface area contributed by atoms with Gasteiger partial charge in [-0.15, -0.1) is 0 Å². The van der Waals surface area contributed by atoms with Gasteiger partial charge >= 0.3 is 6.18 Å². The van der Waals surface area contributed by atoms with Crippen LogP contribution in [-0.2, 0) is 17.5 Å². The fourth-order valence-electron chi connectivity index (χ4n) is 2.65. The number of hydrogen-bond donors (Lipinski definition) is 2. The van der Waals surface area contributed by atoms with Crippen molar-refractivity contribution in [2.75, 3.05) is 13.9 Å². The van der Waals surface area contributed by atoms with E-state index in [2.05, 4.69) is 10.2 Å². The summed E-state index contributed by atoms with van der Waals surface area (Å²) >= 11 is 0. The van der Waals surface area contributed by atoms with Crippen molar-refractivity contribution < 1.29 is 27.8 Å². The molecule has 0 atom stereocenters. The number of fused-ring (bicyclic) bond motifs is 1. The first kappa shape index (κ1) is 17.2. The fourth-order valence-corrected chi connectivity index (χ4v) is 2.65. The molecule has 0 bridgehead atoms. The van der Waals surface area contributed by atoms with E-state index in [1.807, 2.05) is 0 Å². The first-order valence-corrected chi connectivity index (χ1v) is 7.34. The van der Waals surface area contributed by atoms with Gasteiger partial charge in [0, 0.05) is 10.9 Å². The molecule has 2 aromatic carbocycles. The van der Waals surface area contributed by atoms with Crippen LogP contribution in [0.15, 0.2) is 36.5 Å². The van der Waals surface area contributed by atoms with Crippen LogP contribution in [0.3, 0.4) is 0 Å². The van der Waals surface area contributed by atoms with E-state index in [0.717, 1.165) is 17.7 Å². The lowest BCUT2D eigenvalue weighted by Gasteiger charge is -2.14. The Balaban J connectivity index is 2.16. The molecule has 0 aliphatic rings. The summed E-state index contributed by atoms with van der Waals surface area (Å²) in [7, 11) is 1.44. The number of benzene rings is 2. The summed E-state index contributed by atoms with van der Waals surface area (Å²) in [5, 5.41) is 15.7. The molecule has 0 saturated carbocycles. The van der Waals surface area contributed by atoms with Gasteiger partial charge in [-0.25, -0.2) is 0 Å². The molecular weight excluding hydrogens is 337 g/mol. The monoisotopic (exact) mass is 352 g/mol. The number of methoxy groups -OCH3 is 1. The number of aliphatic hydroxyl groups excluding tert-OH is 1. The SMILES string of the molecule is COc1cc(COCO)ccc1-c1cc(C(F)(F)F)cc2[nH]ncc12. The van der Waals surface area contributed by atoms with Crippen molar-refractivity contribution in [3.05, 3.63) is 47.7 Å². The summed E-state index contributed by atoms with van der Waals surface area (Å²) in [5.41, 5.74) is 1.12. The van der Waals surface area contributed by atoms with Crippen molar-refractivity contribution in [3.8, 4) is 16.9 Å². The highest BCUT2D eigenvalue weighted by molar-refractivity contribution is 5.96. The molecule has 25 heavy (non-hydrogen) atoms. The first-order chi connectivity index (χ1) is 11.9. The number of hydrogen-bond acceptors (Lipinski definition) is 4. The number of aromatic amines is 1. The number of ether oxygens (including phenoxy) is 2. The maximum Gasteiger partial charge on any atom is 0.416 e. The van der Waals surface area contributed by atoms with E-state index in [0.29, 0.717) is 27.8 Å². The molecule has 0 amide bonds. The third-order valence-electron chi connectivity index (χ3n) is 3.80. The highest BCUT2D eigenvalue weighted by atomic mass is 19.4. The van der Waals surface area contributed by atoms with Crippen LogP contribution in [0.4, 0.5) is 13.2 Å². The van der Waals surface area contributed by atoms with Gasteiger partial charge in [-0.2, -0.15) is 18.3 Å². The van der Waals surface area contributed by atoms with Gasteiger partial charge in [0.25, 0.3) is 0 Å². The second-order valence-corrected chi connectivity index (χ2v) is 5.37. The minimum absolute atomic E-state index is 0.164. The number of alkyl halides is 3. The summed E-state index contributed by atoms with van der Waals surface area (Å²) in [6.07, 6.45) is -3.00. The molecule has 0 aliphatic heterocycles. The number of aliphatic hydroxyl groups is 1. The minimum Gasteiger partial charge on any atom is -0.496 e. The average molecular weight is 352 g/mol.